The number of aromatic nitrogens is 4. The molecule has 32 heavy (non-hydrogen) atoms. The molecule has 5 aromatic rings. The van der Waals surface area contributed by atoms with E-state index in [1.165, 1.54) is 22.7 Å². The molecule has 0 aliphatic carbocycles. The summed E-state index contributed by atoms with van der Waals surface area (Å²) >= 11 is 0. The first-order valence-electron chi connectivity index (χ1n) is 10.8. The average molecular weight is 425 g/mol. The summed E-state index contributed by atoms with van der Waals surface area (Å²) in [6.07, 6.45) is 6.68. The van der Waals surface area contributed by atoms with Gasteiger partial charge in [-0.05, 0) is 48.9 Å². The molecular formula is C25H23N5O2. The lowest BCUT2D eigenvalue weighted by molar-refractivity contribution is 0.301. The molecule has 4 aromatic heterocycles. The van der Waals surface area contributed by atoms with Gasteiger partial charge < -0.3 is 19.0 Å². The summed E-state index contributed by atoms with van der Waals surface area (Å²) < 4.78 is 11.7. The van der Waals surface area contributed by atoms with Crippen LogP contribution in [0.2, 0.25) is 0 Å². The number of hydrogen-bond acceptors (Lipinski definition) is 4. The highest BCUT2D eigenvalue weighted by Crippen LogP contribution is 2.29. The van der Waals surface area contributed by atoms with Crippen LogP contribution in [0.25, 0.3) is 22.2 Å². The number of fused-ring (bicyclic) bond motifs is 4. The number of hydrogen-bond donors (Lipinski definition) is 1. The number of aryl methyl sites for hydroxylation is 1. The average Bonchev–Trinajstić information content (AvgIpc) is 3.37. The van der Waals surface area contributed by atoms with Gasteiger partial charge >= 0.3 is 0 Å². The third kappa shape index (κ3) is 3.09. The van der Waals surface area contributed by atoms with Crippen LogP contribution in [0.3, 0.4) is 0 Å². The Morgan fingerprint density at radius 1 is 1.12 bits per heavy atom. The van der Waals surface area contributed by atoms with Crippen LogP contribution in [-0.4, -0.2) is 25.1 Å². The molecule has 0 unspecified atom stereocenters. The summed E-state index contributed by atoms with van der Waals surface area (Å²) in [7, 11) is 2.09. The van der Waals surface area contributed by atoms with Crippen LogP contribution in [0.5, 0.6) is 5.75 Å². The highest BCUT2D eigenvalue weighted by Gasteiger charge is 2.18. The fraction of sp³-hybridized carbons (Fsp3) is 0.200. The summed E-state index contributed by atoms with van der Waals surface area (Å²) in [4.78, 5) is 17.4. The molecule has 1 aliphatic heterocycles. The van der Waals surface area contributed by atoms with Gasteiger partial charge in [0.15, 0.2) is 0 Å². The van der Waals surface area contributed by atoms with Crippen molar-refractivity contribution >= 4 is 16.6 Å². The highest BCUT2D eigenvalue weighted by atomic mass is 16.5. The molecule has 0 atom stereocenters. The molecule has 7 heteroatoms. The molecule has 0 radical (unpaired) electrons. The minimum Gasteiger partial charge on any atom is -0.487 e. The Balaban J connectivity index is 1.27. The standard InChI is InChI=1S/C25H23N5O2/c1-28-22-12-18(5-6-20(22)21-7-9-26-14-23(21)28)30-11-8-19(13-25(30)31)32-16-17-15-29-10-3-2-4-24(29)27-17/h2-6,8,10-13,15,26H,7,9,14,16H2,1H3. The minimum absolute atomic E-state index is 0.127. The maximum absolute atomic E-state index is 12.9. The highest BCUT2D eigenvalue weighted by molar-refractivity contribution is 5.87. The topological polar surface area (TPSA) is 65.5 Å². The van der Waals surface area contributed by atoms with E-state index in [0.29, 0.717) is 12.4 Å². The second kappa shape index (κ2) is 7.39. The molecule has 0 bridgehead atoms. The predicted molar refractivity (Wildman–Crippen MR) is 123 cm³/mol. The van der Waals surface area contributed by atoms with Gasteiger partial charge in [0.25, 0.3) is 5.56 Å². The number of ether oxygens (including phenoxy) is 1. The molecular weight excluding hydrogens is 402 g/mol. The van der Waals surface area contributed by atoms with Crippen molar-refractivity contribution in [1.82, 2.24) is 23.8 Å². The van der Waals surface area contributed by atoms with Crippen LogP contribution in [0.4, 0.5) is 0 Å². The van der Waals surface area contributed by atoms with E-state index in [-0.39, 0.29) is 5.56 Å². The lowest BCUT2D eigenvalue weighted by Gasteiger charge is -2.14. The zero-order valence-corrected chi connectivity index (χ0v) is 17.8. The molecule has 0 saturated heterocycles. The Bertz CT molecular complexity index is 1490. The third-order valence-electron chi connectivity index (χ3n) is 6.24. The van der Waals surface area contributed by atoms with Gasteiger partial charge in [0.1, 0.15) is 18.0 Å². The van der Waals surface area contributed by atoms with Crippen molar-refractivity contribution < 1.29 is 4.74 Å². The van der Waals surface area contributed by atoms with Gasteiger partial charge in [-0.25, -0.2) is 4.98 Å². The van der Waals surface area contributed by atoms with Crippen molar-refractivity contribution in [2.24, 2.45) is 7.05 Å². The summed E-state index contributed by atoms with van der Waals surface area (Å²) in [5.74, 6) is 0.532. The van der Waals surface area contributed by atoms with E-state index in [9.17, 15) is 4.79 Å². The predicted octanol–water partition coefficient (Wildman–Crippen LogP) is 3.20. The zero-order chi connectivity index (χ0) is 21.7. The van der Waals surface area contributed by atoms with E-state index in [0.717, 1.165) is 42.1 Å². The molecule has 0 amide bonds. The first-order chi connectivity index (χ1) is 15.7. The zero-order valence-electron chi connectivity index (χ0n) is 17.8. The number of pyridine rings is 2. The number of benzene rings is 1. The molecule has 0 fully saturated rings. The lowest BCUT2D eigenvalue weighted by Crippen LogP contribution is -2.24. The van der Waals surface area contributed by atoms with Gasteiger partial charge in [-0.1, -0.05) is 12.1 Å². The Kier molecular flexibility index (Phi) is 4.36. The van der Waals surface area contributed by atoms with E-state index in [1.54, 1.807) is 10.8 Å². The van der Waals surface area contributed by atoms with Crippen molar-refractivity contribution in [3.8, 4) is 11.4 Å². The molecule has 0 saturated carbocycles. The SMILES string of the molecule is Cn1c2c(c3ccc(-n4ccc(OCc5cn6ccccc6n5)cc4=O)cc31)CCNC2. The summed E-state index contributed by atoms with van der Waals surface area (Å²) in [5, 5.41) is 4.71. The number of nitrogens with one attached hydrogen (secondary N) is 1. The first-order valence-corrected chi connectivity index (χ1v) is 10.8. The van der Waals surface area contributed by atoms with E-state index >= 15 is 0 Å². The van der Waals surface area contributed by atoms with E-state index < -0.39 is 0 Å². The Hall–Kier alpha value is -3.84. The second-order valence-corrected chi connectivity index (χ2v) is 8.17. The van der Waals surface area contributed by atoms with Crippen LogP contribution in [0.15, 0.2) is 71.9 Å². The van der Waals surface area contributed by atoms with Crippen molar-refractivity contribution in [3.05, 3.63) is 94.4 Å². The molecule has 1 N–H and O–H groups in total. The monoisotopic (exact) mass is 425 g/mol. The van der Waals surface area contributed by atoms with Gasteiger partial charge in [-0.15, -0.1) is 0 Å². The van der Waals surface area contributed by atoms with Crippen LogP contribution in [0.1, 0.15) is 17.0 Å². The second-order valence-electron chi connectivity index (χ2n) is 8.17. The number of nitrogens with zero attached hydrogens (tertiary/aromatic N) is 4. The smallest absolute Gasteiger partial charge is 0.258 e. The van der Waals surface area contributed by atoms with Gasteiger partial charge in [0, 0.05) is 49.3 Å². The Labute approximate surface area is 184 Å². The number of imidazole rings is 1. The molecule has 1 aromatic carbocycles. The number of rotatable bonds is 4. The van der Waals surface area contributed by atoms with E-state index in [4.69, 9.17) is 4.74 Å². The fourth-order valence-corrected chi connectivity index (χ4v) is 4.61. The largest absolute Gasteiger partial charge is 0.487 e. The van der Waals surface area contributed by atoms with Crippen LogP contribution in [-0.2, 0) is 26.6 Å². The molecule has 5 heterocycles. The molecule has 6 rings (SSSR count). The van der Waals surface area contributed by atoms with Crippen molar-refractivity contribution in [2.75, 3.05) is 6.54 Å². The summed E-state index contributed by atoms with van der Waals surface area (Å²) in [6, 6.07) is 15.4. The van der Waals surface area contributed by atoms with Crippen molar-refractivity contribution in [3.63, 3.8) is 0 Å². The molecule has 1 aliphatic rings. The van der Waals surface area contributed by atoms with Gasteiger partial charge in [0.2, 0.25) is 0 Å². The van der Waals surface area contributed by atoms with Crippen molar-refractivity contribution in [2.45, 2.75) is 19.6 Å². The summed E-state index contributed by atoms with van der Waals surface area (Å²) in [6.45, 7) is 2.19. The molecule has 7 nitrogen and oxygen atoms in total. The Morgan fingerprint density at radius 3 is 2.94 bits per heavy atom. The summed E-state index contributed by atoms with van der Waals surface area (Å²) in [5.41, 5.74) is 6.29. The minimum atomic E-state index is -0.127. The Morgan fingerprint density at radius 2 is 2.06 bits per heavy atom. The maximum Gasteiger partial charge on any atom is 0.258 e. The van der Waals surface area contributed by atoms with Gasteiger partial charge in [-0.2, -0.15) is 0 Å². The van der Waals surface area contributed by atoms with Crippen molar-refractivity contribution in [1.29, 1.82) is 0 Å². The van der Waals surface area contributed by atoms with Gasteiger partial charge in [-0.3, -0.25) is 9.36 Å². The van der Waals surface area contributed by atoms with E-state index in [1.807, 2.05) is 47.1 Å². The van der Waals surface area contributed by atoms with Crippen LogP contribution in [0, 0.1) is 0 Å². The third-order valence-corrected chi connectivity index (χ3v) is 6.24. The maximum atomic E-state index is 12.9. The fourth-order valence-electron chi connectivity index (χ4n) is 4.61. The first kappa shape index (κ1) is 18.9. The van der Waals surface area contributed by atoms with Crippen LogP contribution < -0.4 is 15.6 Å². The quantitative estimate of drug-likeness (QED) is 0.480. The molecule has 160 valence electrons. The lowest BCUT2D eigenvalue weighted by atomic mass is 10.0. The molecule has 0 spiro atoms. The van der Waals surface area contributed by atoms with Gasteiger partial charge in [0.05, 0.1) is 16.9 Å². The normalized spacial score (nSPS) is 13.5. The van der Waals surface area contributed by atoms with E-state index in [2.05, 4.69) is 34.0 Å². The van der Waals surface area contributed by atoms with Crippen LogP contribution >= 0.6 is 0 Å².